The summed E-state index contributed by atoms with van der Waals surface area (Å²) in [7, 11) is 0. The van der Waals surface area contributed by atoms with Crippen molar-refractivity contribution in [2.75, 3.05) is 6.61 Å². The molecule has 1 amide bonds. The first-order chi connectivity index (χ1) is 16.1. The lowest BCUT2D eigenvalue weighted by Gasteiger charge is -2.28. The van der Waals surface area contributed by atoms with E-state index in [0.29, 0.717) is 23.6 Å². The Morgan fingerprint density at radius 3 is 2.24 bits per heavy atom. The Balaban J connectivity index is 1.59. The summed E-state index contributed by atoms with van der Waals surface area (Å²) in [6.07, 6.45) is -4.39. The van der Waals surface area contributed by atoms with Crippen LogP contribution in [-0.4, -0.2) is 23.5 Å². The molecule has 0 saturated heterocycles. The Hall–Kier alpha value is -3.00. The second-order valence-corrected chi connectivity index (χ2v) is 9.23. The van der Waals surface area contributed by atoms with Crippen molar-refractivity contribution in [3.05, 3.63) is 93.5 Å². The molecule has 3 aromatic rings. The van der Waals surface area contributed by atoms with Gasteiger partial charge in [0.25, 0.3) is 5.91 Å². The molecule has 8 heteroatoms. The highest BCUT2D eigenvalue weighted by atomic mass is 79.9. The molecule has 34 heavy (non-hydrogen) atoms. The summed E-state index contributed by atoms with van der Waals surface area (Å²) < 4.78 is 51.1. The summed E-state index contributed by atoms with van der Waals surface area (Å²) in [5, 5.41) is 0. The molecule has 0 bridgehead atoms. The van der Waals surface area contributed by atoms with Gasteiger partial charge in [-0.2, -0.15) is 13.2 Å². The molecule has 1 atom stereocenters. The molecule has 1 unspecified atom stereocenters. The van der Waals surface area contributed by atoms with Crippen molar-refractivity contribution in [2.45, 2.75) is 38.7 Å². The number of carbonyl (C=O) groups excluding carboxylic acids is 1. The van der Waals surface area contributed by atoms with Crippen molar-refractivity contribution < 1.29 is 27.4 Å². The minimum absolute atomic E-state index is 0.0257. The standard InChI is InChI=1S/C26H23BrF3NO3/c1-16(2)34-22-8-3-17(4-9-22)24(15-33-21-10-5-19(6-11-21)26(28,29)30)31-14-18-13-20(27)7-12-23(18)25(31)32/h3-13,16,24H,14-15H2,1-2H3. The van der Waals surface area contributed by atoms with E-state index in [1.165, 1.54) is 12.1 Å². The molecule has 178 valence electrons. The number of hydrogen-bond donors (Lipinski definition) is 0. The normalized spacial score (nSPS) is 14.3. The molecule has 0 N–H and O–H groups in total. The van der Waals surface area contributed by atoms with Gasteiger partial charge in [0.2, 0.25) is 0 Å². The van der Waals surface area contributed by atoms with Crippen molar-refractivity contribution in [1.29, 1.82) is 0 Å². The first-order valence-corrected chi connectivity index (χ1v) is 11.6. The number of carbonyl (C=O) groups is 1. The van der Waals surface area contributed by atoms with Crippen LogP contribution in [0.2, 0.25) is 0 Å². The Labute approximate surface area is 204 Å². The lowest BCUT2D eigenvalue weighted by molar-refractivity contribution is -0.137. The lowest BCUT2D eigenvalue weighted by Crippen LogP contribution is -2.33. The third kappa shape index (κ3) is 5.38. The highest BCUT2D eigenvalue weighted by Crippen LogP contribution is 2.35. The van der Waals surface area contributed by atoms with Crippen molar-refractivity contribution in [3.63, 3.8) is 0 Å². The number of benzene rings is 3. The summed E-state index contributed by atoms with van der Waals surface area (Å²) in [5.74, 6) is 0.886. The van der Waals surface area contributed by atoms with Gasteiger partial charge in [0.15, 0.2) is 0 Å². The van der Waals surface area contributed by atoms with Gasteiger partial charge in [-0.05, 0) is 79.6 Å². The van der Waals surface area contributed by atoms with Gasteiger partial charge in [0, 0.05) is 16.6 Å². The number of ether oxygens (including phenoxy) is 2. The maximum atomic E-state index is 13.2. The summed E-state index contributed by atoms with van der Waals surface area (Å²) in [4.78, 5) is 14.9. The zero-order valence-corrected chi connectivity index (χ0v) is 20.2. The number of hydrogen-bond acceptors (Lipinski definition) is 3. The number of nitrogens with zero attached hydrogens (tertiary/aromatic N) is 1. The average molecular weight is 534 g/mol. The summed E-state index contributed by atoms with van der Waals surface area (Å²) >= 11 is 3.45. The fourth-order valence-electron chi connectivity index (χ4n) is 3.89. The summed E-state index contributed by atoms with van der Waals surface area (Å²) in [6, 6.07) is 17.1. The molecular weight excluding hydrogens is 511 g/mol. The Kier molecular flexibility index (Phi) is 6.89. The molecule has 0 saturated carbocycles. The SMILES string of the molecule is CC(C)Oc1ccc(C(COc2ccc(C(F)(F)F)cc2)N2Cc3cc(Br)ccc3C2=O)cc1. The van der Waals surface area contributed by atoms with E-state index in [9.17, 15) is 18.0 Å². The predicted octanol–water partition coefficient (Wildman–Crippen LogP) is 7.03. The molecule has 0 aliphatic carbocycles. The largest absolute Gasteiger partial charge is 0.491 e. The van der Waals surface area contributed by atoms with E-state index in [1.54, 1.807) is 11.0 Å². The Bertz CT molecular complexity index is 1160. The lowest BCUT2D eigenvalue weighted by atomic mass is 10.1. The smallest absolute Gasteiger partial charge is 0.416 e. The van der Waals surface area contributed by atoms with Crippen molar-refractivity contribution in [3.8, 4) is 11.5 Å². The molecule has 4 nitrogen and oxygen atoms in total. The molecule has 1 aliphatic rings. The van der Waals surface area contributed by atoms with Crippen molar-refractivity contribution in [1.82, 2.24) is 4.90 Å². The first-order valence-electron chi connectivity index (χ1n) is 10.8. The third-order valence-electron chi connectivity index (χ3n) is 5.50. The molecule has 3 aromatic carbocycles. The molecule has 0 fully saturated rings. The second kappa shape index (κ2) is 9.70. The van der Waals surface area contributed by atoms with Crippen molar-refractivity contribution >= 4 is 21.8 Å². The van der Waals surface area contributed by atoms with Crippen LogP contribution in [0.3, 0.4) is 0 Å². The van der Waals surface area contributed by atoms with Gasteiger partial charge in [0.1, 0.15) is 18.1 Å². The topological polar surface area (TPSA) is 38.8 Å². The van der Waals surface area contributed by atoms with Crippen LogP contribution in [0.4, 0.5) is 13.2 Å². The minimum atomic E-state index is -4.41. The zero-order chi connectivity index (χ0) is 24.5. The van der Waals surface area contributed by atoms with Gasteiger partial charge in [-0.25, -0.2) is 0 Å². The molecule has 1 heterocycles. The van der Waals surface area contributed by atoms with Crippen LogP contribution < -0.4 is 9.47 Å². The first kappa shape index (κ1) is 24.1. The van der Waals surface area contributed by atoms with E-state index in [1.807, 2.05) is 50.2 Å². The average Bonchev–Trinajstić information content (AvgIpc) is 3.09. The Morgan fingerprint density at radius 2 is 1.62 bits per heavy atom. The molecule has 4 rings (SSSR count). The van der Waals surface area contributed by atoms with E-state index in [-0.39, 0.29) is 18.6 Å². The summed E-state index contributed by atoms with van der Waals surface area (Å²) in [6.45, 7) is 4.36. The molecule has 0 radical (unpaired) electrons. The number of rotatable bonds is 7. The second-order valence-electron chi connectivity index (χ2n) is 8.32. The Morgan fingerprint density at radius 1 is 0.971 bits per heavy atom. The molecule has 0 spiro atoms. The highest BCUT2D eigenvalue weighted by molar-refractivity contribution is 9.10. The van der Waals surface area contributed by atoms with Crippen LogP contribution in [0, 0.1) is 0 Å². The van der Waals surface area contributed by atoms with Gasteiger partial charge < -0.3 is 14.4 Å². The number of alkyl halides is 3. The van der Waals surface area contributed by atoms with E-state index >= 15 is 0 Å². The molecular formula is C26H23BrF3NO3. The van der Waals surface area contributed by atoms with Gasteiger partial charge in [0.05, 0.1) is 17.7 Å². The number of fused-ring (bicyclic) bond motifs is 1. The highest BCUT2D eigenvalue weighted by Gasteiger charge is 2.34. The van der Waals surface area contributed by atoms with E-state index in [2.05, 4.69) is 15.9 Å². The summed E-state index contributed by atoms with van der Waals surface area (Å²) in [5.41, 5.74) is 1.62. The number of amides is 1. The van der Waals surface area contributed by atoms with Crippen LogP contribution in [0.1, 0.15) is 46.9 Å². The van der Waals surface area contributed by atoms with Gasteiger partial charge in [-0.1, -0.05) is 28.1 Å². The van der Waals surface area contributed by atoms with E-state index in [4.69, 9.17) is 9.47 Å². The zero-order valence-electron chi connectivity index (χ0n) is 18.6. The quantitative estimate of drug-likeness (QED) is 0.327. The number of halogens is 4. The monoisotopic (exact) mass is 533 g/mol. The minimum Gasteiger partial charge on any atom is -0.491 e. The van der Waals surface area contributed by atoms with Crippen molar-refractivity contribution in [2.24, 2.45) is 0 Å². The van der Waals surface area contributed by atoms with Gasteiger partial charge in [-0.15, -0.1) is 0 Å². The maximum absolute atomic E-state index is 13.2. The van der Waals surface area contributed by atoms with Crippen LogP contribution >= 0.6 is 15.9 Å². The van der Waals surface area contributed by atoms with Gasteiger partial charge >= 0.3 is 6.18 Å². The van der Waals surface area contributed by atoms with E-state index in [0.717, 1.165) is 27.7 Å². The fraction of sp³-hybridized carbons (Fsp3) is 0.269. The van der Waals surface area contributed by atoms with Gasteiger partial charge in [-0.3, -0.25) is 4.79 Å². The molecule has 0 aromatic heterocycles. The predicted molar refractivity (Wildman–Crippen MR) is 126 cm³/mol. The maximum Gasteiger partial charge on any atom is 0.416 e. The third-order valence-corrected chi connectivity index (χ3v) is 5.99. The van der Waals surface area contributed by atoms with Crippen LogP contribution in [0.15, 0.2) is 71.2 Å². The van der Waals surface area contributed by atoms with Crippen LogP contribution in [0.5, 0.6) is 11.5 Å². The molecule has 1 aliphatic heterocycles. The van der Waals surface area contributed by atoms with Crippen LogP contribution in [-0.2, 0) is 12.7 Å². The van der Waals surface area contributed by atoms with Crippen LogP contribution in [0.25, 0.3) is 0 Å². The van der Waals surface area contributed by atoms with E-state index < -0.39 is 17.8 Å². The fourth-order valence-corrected chi connectivity index (χ4v) is 4.29.